The number of nitrogens with zero attached hydrogens (tertiary/aromatic N) is 3. The fourth-order valence-electron chi connectivity index (χ4n) is 4.41. The molecule has 0 unspecified atom stereocenters. The average Bonchev–Trinajstić information content (AvgIpc) is 3.19. The zero-order chi connectivity index (χ0) is 24.5. The second-order valence-corrected chi connectivity index (χ2v) is 9.20. The summed E-state index contributed by atoms with van der Waals surface area (Å²) in [4.78, 5) is 34.6. The van der Waals surface area contributed by atoms with Crippen molar-refractivity contribution in [3.63, 3.8) is 0 Å². The molecule has 0 atom stereocenters. The lowest BCUT2D eigenvalue weighted by Crippen LogP contribution is -2.32. The van der Waals surface area contributed by atoms with E-state index in [4.69, 9.17) is 23.2 Å². The molecule has 0 bridgehead atoms. The van der Waals surface area contributed by atoms with Crippen molar-refractivity contribution >= 4 is 57.4 Å². The minimum Gasteiger partial charge on any atom is -0.320 e. The molecule has 2 heterocycles. The van der Waals surface area contributed by atoms with Crippen molar-refractivity contribution < 1.29 is 9.59 Å². The number of rotatable bonds is 5. The van der Waals surface area contributed by atoms with Crippen LogP contribution in [0.4, 0.5) is 16.2 Å². The van der Waals surface area contributed by atoms with Crippen LogP contribution in [0.2, 0.25) is 10.0 Å². The van der Waals surface area contributed by atoms with Crippen LogP contribution in [-0.4, -0.2) is 34.9 Å². The number of hydrogen-bond donors (Lipinski definition) is 1. The lowest BCUT2D eigenvalue weighted by atomic mass is 10.1. The zero-order valence-corrected chi connectivity index (χ0v) is 20.5. The number of carbonyl (C=O) groups excluding carboxylic acids is 2. The van der Waals surface area contributed by atoms with E-state index in [0.29, 0.717) is 30.8 Å². The van der Waals surface area contributed by atoms with Crippen molar-refractivity contribution in [3.8, 4) is 0 Å². The Hall–Kier alpha value is -3.61. The number of urea groups is 1. The number of aromatic nitrogens is 1. The van der Waals surface area contributed by atoms with Gasteiger partial charge in [-0.3, -0.25) is 14.7 Å². The monoisotopic (exact) mass is 504 g/mol. The van der Waals surface area contributed by atoms with Gasteiger partial charge in [0.25, 0.3) is 5.91 Å². The smallest absolute Gasteiger partial charge is 0.320 e. The van der Waals surface area contributed by atoms with Crippen LogP contribution in [0.25, 0.3) is 10.9 Å². The molecule has 176 valence electrons. The Kier molecular flexibility index (Phi) is 6.32. The Labute approximate surface area is 213 Å². The van der Waals surface area contributed by atoms with E-state index in [1.165, 1.54) is 0 Å². The summed E-state index contributed by atoms with van der Waals surface area (Å²) >= 11 is 12.4. The average molecular weight is 505 g/mol. The molecule has 1 aliphatic heterocycles. The molecule has 0 radical (unpaired) electrons. The van der Waals surface area contributed by atoms with Crippen LogP contribution in [0.15, 0.2) is 72.9 Å². The van der Waals surface area contributed by atoms with E-state index < -0.39 is 5.91 Å². The van der Waals surface area contributed by atoms with Crippen molar-refractivity contribution in [1.29, 1.82) is 0 Å². The molecule has 3 aromatic carbocycles. The Bertz CT molecular complexity index is 1420. The Morgan fingerprint density at radius 2 is 1.69 bits per heavy atom. The molecule has 6 nitrogen and oxygen atoms in total. The first kappa shape index (κ1) is 23.1. The van der Waals surface area contributed by atoms with E-state index in [-0.39, 0.29) is 21.6 Å². The molecule has 3 amide bonds. The molecule has 4 aromatic rings. The number of carbonyl (C=O) groups is 2. The van der Waals surface area contributed by atoms with Gasteiger partial charge in [-0.2, -0.15) is 0 Å². The topological polar surface area (TPSA) is 65.5 Å². The van der Waals surface area contributed by atoms with Crippen molar-refractivity contribution in [1.82, 2.24) is 9.88 Å². The highest BCUT2D eigenvalue weighted by molar-refractivity contribution is 6.40. The van der Waals surface area contributed by atoms with E-state index in [0.717, 1.165) is 22.2 Å². The van der Waals surface area contributed by atoms with Gasteiger partial charge in [0.1, 0.15) is 0 Å². The first-order chi connectivity index (χ1) is 16.9. The summed E-state index contributed by atoms with van der Waals surface area (Å²) in [5.41, 5.74) is 4.05. The first-order valence-electron chi connectivity index (χ1n) is 11.2. The minimum absolute atomic E-state index is 0.0539. The number of nitrogens with one attached hydrogen (secondary N) is 1. The molecular formula is C27H22Cl2N4O2. The Balaban J connectivity index is 1.48. The van der Waals surface area contributed by atoms with E-state index in [9.17, 15) is 9.59 Å². The second-order valence-electron chi connectivity index (χ2n) is 8.38. The van der Waals surface area contributed by atoms with Crippen LogP contribution in [0, 0.1) is 6.92 Å². The maximum absolute atomic E-state index is 13.4. The van der Waals surface area contributed by atoms with Gasteiger partial charge in [0, 0.05) is 31.2 Å². The highest BCUT2D eigenvalue weighted by Gasteiger charge is 2.32. The third kappa shape index (κ3) is 4.43. The van der Waals surface area contributed by atoms with Crippen molar-refractivity contribution in [2.45, 2.75) is 13.5 Å². The number of pyridine rings is 1. The summed E-state index contributed by atoms with van der Waals surface area (Å²) in [5.74, 6) is -0.427. The van der Waals surface area contributed by atoms with Crippen molar-refractivity contribution in [2.24, 2.45) is 0 Å². The van der Waals surface area contributed by atoms with Crippen LogP contribution in [-0.2, 0) is 6.54 Å². The number of para-hydroxylation sites is 1. The van der Waals surface area contributed by atoms with E-state index in [1.807, 2.05) is 54.3 Å². The van der Waals surface area contributed by atoms with Crippen LogP contribution < -0.4 is 10.2 Å². The molecular weight excluding hydrogens is 483 g/mol. The molecule has 1 fully saturated rings. The molecule has 0 spiro atoms. The van der Waals surface area contributed by atoms with Gasteiger partial charge >= 0.3 is 6.03 Å². The van der Waals surface area contributed by atoms with Gasteiger partial charge in [0.15, 0.2) is 0 Å². The number of anilines is 2. The zero-order valence-electron chi connectivity index (χ0n) is 19.0. The van der Waals surface area contributed by atoms with E-state index in [1.54, 1.807) is 35.4 Å². The van der Waals surface area contributed by atoms with E-state index in [2.05, 4.69) is 10.3 Å². The third-order valence-corrected chi connectivity index (χ3v) is 6.70. The standard InChI is InChI=1S/C27H22Cl2N4O2/c1-17-15-30-24-19(9-5-12-22(24)31-26(34)23-20(28)10-6-11-21(23)29)25(17)33-14-13-32(27(33)35)16-18-7-3-2-4-8-18/h2-12,15H,13-14,16H2,1H3,(H,31,34). The van der Waals surface area contributed by atoms with Crippen molar-refractivity contribution in [2.75, 3.05) is 23.3 Å². The summed E-state index contributed by atoms with van der Waals surface area (Å²) in [6.45, 7) is 3.68. The van der Waals surface area contributed by atoms with Gasteiger partial charge in [0.2, 0.25) is 0 Å². The highest BCUT2D eigenvalue weighted by Crippen LogP contribution is 2.35. The summed E-state index contributed by atoms with van der Waals surface area (Å²) in [6, 6.07) is 20.3. The lowest BCUT2D eigenvalue weighted by molar-refractivity contribution is 0.102. The van der Waals surface area contributed by atoms with Crippen LogP contribution in [0.5, 0.6) is 0 Å². The maximum atomic E-state index is 13.4. The van der Waals surface area contributed by atoms with Gasteiger partial charge in [0.05, 0.1) is 32.5 Å². The Morgan fingerprint density at radius 1 is 0.971 bits per heavy atom. The molecule has 8 heteroatoms. The third-order valence-electron chi connectivity index (χ3n) is 6.07. The second kappa shape index (κ2) is 9.56. The summed E-state index contributed by atoms with van der Waals surface area (Å²) < 4.78 is 0. The summed E-state index contributed by atoms with van der Waals surface area (Å²) in [6.07, 6.45) is 1.73. The largest absolute Gasteiger partial charge is 0.324 e. The molecule has 1 aliphatic rings. The van der Waals surface area contributed by atoms with Gasteiger partial charge < -0.3 is 10.2 Å². The number of benzene rings is 3. The van der Waals surface area contributed by atoms with Gasteiger partial charge in [-0.1, -0.05) is 71.7 Å². The fourth-order valence-corrected chi connectivity index (χ4v) is 4.98. The van der Waals surface area contributed by atoms with E-state index >= 15 is 0 Å². The van der Waals surface area contributed by atoms with Crippen LogP contribution >= 0.6 is 23.2 Å². The number of halogens is 2. The van der Waals surface area contributed by atoms with Crippen LogP contribution in [0.3, 0.4) is 0 Å². The van der Waals surface area contributed by atoms with Crippen molar-refractivity contribution in [3.05, 3.63) is 99.7 Å². The van der Waals surface area contributed by atoms with Gasteiger partial charge in [-0.05, 0) is 36.2 Å². The molecule has 1 aromatic heterocycles. The summed E-state index contributed by atoms with van der Waals surface area (Å²) in [5, 5.41) is 4.20. The fraction of sp³-hybridized carbons (Fsp3) is 0.148. The first-order valence-corrected chi connectivity index (χ1v) is 11.9. The number of amides is 3. The molecule has 35 heavy (non-hydrogen) atoms. The van der Waals surface area contributed by atoms with Gasteiger partial charge in [-0.25, -0.2) is 4.79 Å². The molecule has 0 saturated carbocycles. The predicted molar refractivity (Wildman–Crippen MR) is 140 cm³/mol. The number of fused-ring (bicyclic) bond motifs is 1. The SMILES string of the molecule is Cc1cnc2c(NC(=O)c3c(Cl)cccc3Cl)cccc2c1N1CCN(Cc2ccccc2)C1=O. The highest BCUT2D eigenvalue weighted by atomic mass is 35.5. The lowest BCUT2D eigenvalue weighted by Gasteiger charge is -2.22. The molecule has 1 N–H and O–H groups in total. The molecule has 5 rings (SSSR count). The van der Waals surface area contributed by atoms with Gasteiger partial charge in [-0.15, -0.1) is 0 Å². The maximum Gasteiger partial charge on any atom is 0.324 e. The molecule has 1 saturated heterocycles. The summed E-state index contributed by atoms with van der Waals surface area (Å²) in [7, 11) is 0. The predicted octanol–water partition coefficient (Wildman–Crippen LogP) is 6.54. The quantitative estimate of drug-likeness (QED) is 0.335. The minimum atomic E-state index is -0.427. The van der Waals surface area contributed by atoms with Crippen LogP contribution in [0.1, 0.15) is 21.5 Å². The number of aryl methyl sites for hydroxylation is 1. The Morgan fingerprint density at radius 3 is 2.43 bits per heavy atom. The number of hydrogen-bond acceptors (Lipinski definition) is 3. The molecule has 0 aliphatic carbocycles. The normalized spacial score (nSPS) is 13.5.